The van der Waals surface area contributed by atoms with E-state index < -0.39 is 23.8 Å². The van der Waals surface area contributed by atoms with E-state index in [4.69, 9.17) is 5.11 Å². The Kier molecular flexibility index (Phi) is 6.39. The normalized spacial score (nSPS) is 22.7. The third-order valence-electron chi connectivity index (χ3n) is 3.52. The van der Waals surface area contributed by atoms with E-state index in [9.17, 15) is 14.4 Å². The summed E-state index contributed by atoms with van der Waals surface area (Å²) in [5.74, 6) is -2.61. The van der Waals surface area contributed by atoms with Crippen LogP contribution in [0.15, 0.2) is 12.2 Å². The second-order valence-corrected chi connectivity index (χ2v) is 5.86. The van der Waals surface area contributed by atoms with Gasteiger partial charge in [0.1, 0.15) is 6.04 Å². The van der Waals surface area contributed by atoms with E-state index in [0.29, 0.717) is 25.3 Å². The Labute approximate surface area is 125 Å². The number of amides is 2. The van der Waals surface area contributed by atoms with Gasteiger partial charge in [-0.25, -0.2) is 0 Å². The summed E-state index contributed by atoms with van der Waals surface area (Å²) < 4.78 is 0. The van der Waals surface area contributed by atoms with Crippen molar-refractivity contribution < 1.29 is 19.5 Å². The van der Waals surface area contributed by atoms with Gasteiger partial charge in [0.15, 0.2) is 0 Å². The number of hydrogen-bond acceptors (Lipinski definition) is 3. The molecule has 0 saturated heterocycles. The molecule has 118 valence electrons. The number of carbonyl (C=O) groups excluding carboxylic acids is 2. The Bertz CT molecular complexity index is 431. The van der Waals surface area contributed by atoms with Crippen molar-refractivity contribution in [2.75, 3.05) is 6.54 Å². The van der Waals surface area contributed by atoms with E-state index in [-0.39, 0.29) is 11.8 Å². The van der Waals surface area contributed by atoms with E-state index in [1.165, 1.54) is 0 Å². The van der Waals surface area contributed by atoms with Crippen molar-refractivity contribution in [1.29, 1.82) is 0 Å². The monoisotopic (exact) mass is 296 g/mol. The van der Waals surface area contributed by atoms with E-state index in [0.717, 1.165) is 0 Å². The average molecular weight is 296 g/mol. The fourth-order valence-corrected chi connectivity index (χ4v) is 2.22. The van der Waals surface area contributed by atoms with Gasteiger partial charge in [-0.15, -0.1) is 0 Å². The van der Waals surface area contributed by atoms with Crippen molar-refractivity contribution in [2.45, 2.75) is 39.7 Å². The minimum atomic E-state index is -0.976. The van der Waals surface area contributed by atoms with Crippen LogP contribution in [0.4, 0.5) is 0 Å². The molecule has 21 heavy (non-hydrogen) atoms. The maximum Gasteiger partial charge on any atom is 0.307 e. The first-order valence-electron chi connectivity index (χ1n) is 7.28. The van der Waals surface area contributed by atoms with Crippen molar-refractivity contribution in [3.8, 4) is 0 Å². The summed E-state index contributed by atoms with van der Waals surface area (Å²) in [4.78, 5) is 35.2. The highest BCUT2D eigenvalue weighted by Crippen LogP contribution is 2.26. The summed E-state index contributed by atoms with van der Waals surface area (Å²) in [7, 11) is 0. The second kappa shape index (κ2) is 7.81. The van der Waals surface area contributed by atoms with E-state index >= 15 is 0 Å². The standard InChI is InChI=1S/C15H24N2O4/c1-9(2)8-16-13(18)10(3)17-14(19)11-6-4-5-7-12(11)15(20)21/h4-5,9-12H,6-8H2,1-3H3,(H,16,18)(H,17,19)(H,20,21)/t10?,11-,12+/m1/s1. The van der Waals surface area contributed by atoms with Crippen molar-refractivity contribution in [3.05, 3.63) is 12.2 Å². The van der Waals surface area contributed by atoms with E-state index in [1.54, 1.807) is 13.0 Å². The Balaban J connectivity index is 2.56. The zero-order valence-electron chi connectivity index (χ0n) is 12.8. The van der Waals surface area contributed by atoms with Crippen LogP contribution >= 0.6 is 0 Å². The molecule has 0 aromatic heterocycles. The number of nitrogens with one attached hydrogen (secondary N) is 2. The van der Waals surface area contributed by atoms with E-state index in [2.05, 4.69) is 10.6 Å². The van der Waals surface area contributed by atoms with Crippen LogP contribution in [0.2, 0.25) is 0 Å². The largest absolute Gasteiger partial charge is 0.481 e. The van der Waals surface area contributed by atoms with Crippen LogP contribution in [-0.2, 0) is 14.4 Å². The number of carboxylic acids is 1. The Morgan fingerprint density at radius 3 is 2.24 bits per heavy atom. The minimum Gasteiger partial charge on any atom is -0.481 e. The van der Waals surface area contributed by atoms with Crippen molar-refractivity contribution in [1.82, 2.24) is 10.6 Å². The number of carbonyl (C=O) groups is 3. The molecule has 0 fully saturated rings. The number of allylic oxidation sites excluding steroid dienone is 2. The van der Waals surface area contributed by atoms with Gasteiger partial charge in [0, 0.05) is 6.54 Å². The van der Waals surface area contributed by atoms with Gasteiger partial charge in [0.25, 0.3) is 0 Å². The van der Waals surface area contributed by atoms with Crippen LogP contribution in [0.25, 0.3) is 0 Å². The molecule has 6 heteroatoms. The predicted molar refractivity (Wildman–Crippen MR) is 78.4 cm³/mol. The van der Waals surface area contributed by atoms with Gasteiger partial charge in [-0.1, -0.05) is 26.0 Å². The molecular formula is C15H24N2O4. The molecule has 0 heterocycles. The highest BCUT2D eigenvalue weighted by molar-refractivity contribution is 5.90. The molecule has 0 saturated carbocycles. The van der Waals surface area contributed by atoms with Crippen LogP contribution in [0, 0.1) is 17.8 Å². The van der Waals surface area contributed by atoms with Crippen LogP contribution in [0.5, 0.6) is 0 Å². The van der Waals surface area contributed by atoms with Crippen LogP contribution in [-0.4, -0.2) is 35.5 Å². The number of rotatable bonds is 6. The lowest BCUT2D eigenvalue weighted by molar-refractivity contribution is -0.147. The molecule has 1 rings (SSSR count). The average Bonchev–Trinajstić information content (AvgIpc) is 2.44. The lowest BCUT2D eigenvalue weighted by Crippen LogP contribution is -2.49. The van der Waals surface area contributed by atoms with Crippen molar-refractivity contribution >= 4 is 17.8 Å². The number of carboxylic acid groups (broad SMARTS) is 1. The fourth-order valence-electron chi connectivity index (χ4n) is 2.22. The summed E-state index contributed by atoms with van der Waals surface area (Å²) in [6.07, 6.45) is 4.33. The molecule has 6 nitrogen and oxygen atoms in total. The zero-order chi connectivity index (χ0) is 16.0. The SMILES string of the molecule is CC(C)CNC(=O)C(C)NC(=O)[C@@H]1CC=CC[C@@H]1C(=O)O. The van der Waals surface area contributed by atoms with Crippen LogP contribution in [0.3, 0.4) is 0 Å². The molecule has 1 aliphatic rings. The third-order valence-corrected chi connectivity index (χ3v) is 3.52. The number of hydrogen-bond donors (Lipinski definition) is 3. The zero-order valence-corrected chi connectivity index (χ0v) is 12.8. The quantitative estimate of drug-likeness (QED) is 0.635. The minimum absolute atomic E-state index is 0.254. The smallest absolute Gasteiger partial charge is 0.307 e. The van der Waals surface area contributed by atoms with Crippen molar-refractivity contribution in [3.63, 3.8) is 0 Å². The highest BCUT2D eigenvalue weighted by atomic mass is 16.4. The first kappa shape index (κ1) is 17.2. The topological polar surface area (TPSA) is 95.5 Å². The molecule has 1 aliphatic carbocycles. The molecule has 0 aliphatic heterocycles. The third kappa shape index (κ3) is 5.21. The fraction of sp³-hybridized carbons (Fsp3) is 0.667. The molecule has 0 spiro atoms. The van der Waals surface area contributed by atoms with Gasteiger partial charge in [-0.05, 0) is 25.7 Å². The van der Waals surface area contributed by atoms with Gasteiger partial charge in [-0.2, -0.15) is 0 Å². The van der Waals surface area contributed by atoms with Gasteiger partial charge >= 0.3 is 5.97 Å². The Hall–Kier alpha value is -1.85. The summed E-state index contributed by atoms with van der Waals surface area (Å²) in [6.45, 7) is 6.11. The van der Waals surface area contributed by atoms with Gasteiger partial charge in [-0.3, -0.25) is 14.4 Å². The highest BCUT2D eigenvalue weighted by Gasteiger charge is 2.34. The maximum absolute atomic E-state index is 12.2. The van der Waals surface area contributed by atoms with Gasteiger partial charge in [0.2, 0.25) is 11.8 Å². The molecule has 0 aromatic rings. The molecule has 0 aromatic carbocycles. The molecule has 3 N–H and O–H groups in total. The van der Waals surface area contributed by atoms with Crippen molar-refractivity contribution in [2.24, 2.45) is 17.8 Å². The first-order valence-corrected chi connectivity index (χ1v) is 7.28. The summed E-state index contributed by atoms with van der Waals surface area (Å²) in [6, 6.07) is -0.670. The maximum atomic E-state index is 12.2. The molecule has 1 unspecified atom stereocenters. The van der Waals surface area contributed by atoms with Crippen LogP contribution < -0.4 is 10.6 Å². The molecule has 0 bridgehead atoms. The van der Waals surface area contributed by atoms with E-state index in [1.807, 2.05) is 19.9 Å². The summed E-state index contributed by atoms with van der Waals surface area (Å²) in [5.41, 5.74) is 0. The lowest BCUT2D eigenvalue weighted by atomic mass is 9.82. The first-order chi connectivity index (χ1) is 9.82. The lowest BCUT2D eigenvalue weighted by Gasteiger charge is -2.25. The number of aliphatic carboxylic acids is 1. The Morgan fingerprint density at radius 2 is 1.71 bits per heavy atom. The summed E-state index contributed by atoms with van der Waals surface area (Å²) >= 11 is 0. The molecule has 3 atom stereocenters. The molecular weight excluding hydrogens is 272 g/mol. The van der Waals surface area contributed by atoms with Crippen LogP contribution in [0.1, 0.15) is 33.6 Å². The second-order valence-electron chi connectivity index (χ2n) is 5.86. The molecule has 2 amide bonds. The Morgan fingerprint density at radius 1 is 1.14 bits per heavy atom. The van der Waals surface area contributed by atoms with Gasteiger partial charge in [0.05, 0.1) is 11.8 Å². The molecule has 0 radical (unpaired) electrons. The van der Waals surface area contributed by atoms with Gasteiger partial charge < -0.3 is 15.7 Å². The summed E-state index contributed by atoms with van der Waals surface area (Å²) in [5, 5.41) is 14.5. The predicted octanol–water partition coefficient (Wildman–Crippen LogP) is 0.930.